The number of aliphatic hydroxyl groups is 1. The molecule has 3 atom stereocenters. The topological polar surface area (TPSA) is 103 Å². The van der Waals surface area contributed by atoms with Crippen molar-refractivity contribution in [3.8, 4) is 17.0 Å². The Kier molecular flexibility index (Phi) is 6.09. The molecule has 0 radical (unpaired) electrons. The van der Waals surface area contributed by atoms with E-state index in [1.54, 1.807) is 39.7 Å². The summed E-state index contributed by atoms with van der Waals surface area (Å²) in [5.74, 6) is 0.509. The molecule has 162 valence electrons. The summed E-state index contributed by atoms with van der Waals surface area (Å²) in [4.78, 5) is 19.3. The Bertz CT molecular complexity index is 1060. The molecule has 4 rings (SSSR count). The van der Waals surface area contributed by atoms with Crippen LogP contribution in [-0.2, 0) is 0 Å². The molecular weight excluding hydrogens is 444 g/mol. The number of ether oxygens (including phenoxy) is 1. The number of anilines is 2. The zero-order valence-electron chi connectivity index (χ0n) is 16.3. The van der Waals surface area contributed by atoms with E-state index in [4.69, 9.17) is 16.3 Å². The molecule has 2 unspecified atom stereocenters. The molecule has 1 aromatic carbocycles. The zero-order valence-corrected chi connectivity index (χ0v) is 18.2. The van der Waals surface area contributed by atoms with Gasteiger partial charge in [0.25, 0.3) is 5.91 Å². The van der Waals surface area contributed by atoms with E-state index >= 15 is 0 Å². The van der Waals surface area contributed by atoms with E-state index < -0.39 is 11.2 Å². The average Bonchev–Trinajstić information content (AvgIpc) is 3.40. The fourth-order valence-corrected chi connectivity index (χ4v) is 3.56. The number of carbonyl (C=O) groups is 1. The Morgan fingerprint density at radius 2 is 2.16 bits per heavy atom. The molecule has 11 heteroatoms. The number of pyridine rings is 1. The van der Waals surface area contributed by atoms with E-state index in [1.807, 2.05) is 4.90 Å². The summed E-state index contributed by atoms with van der Waals surface area (Å²) in [6, 6.07) is 9.64. The molecule has 2 aromatic heterocycles. The van der Waals surface area contributed by atoms with Crippen LogP contribution >= 0.6 is 20.8 Å². The number of rotatable bonds is 6. The minimum atomic E-state index is -2.40. The van der Waals surface area contributed by atoms with E-state index in [0.717, 1.165) is 0 Å². The minimum Gasteiger partial charge on any atom is -0.442 e. The third-order valence-electron chi connectivity index (χ3n) is 4.73. The molecule has 0 spiro atoms. The van der Waals surface area contributed by atoms with Gasteiger partial charge < -0.3 is 20.1 Å². The number of H-pyrrole nitrogens is 1. The van der Waals surface area contributed by atoms with Crippen LogP contribution in [-0.4, -0.2) is 50.4 Å². The van der Waals surface area contributed by atoms with E-state index in [1.165, 1.54) is 18.3 Å². The van der Waals surface area contributed by atoms with E-state index in [-0.39, 0.29) is 11.7 Å². The van der Waals surface area contributed by atoms with E-state index in [2.05, 4.69) is 20.5 Å². The number of hydrogen-bond donors (Lipinski definition) is 3. The quantitative estimate of drug-likeness (QED) is 0.382. The Hall–Kier alpha value is -2.74. The molecule has 31 heavy (non-hydrogen) atoms. The normalized spacial score (nSPS) is 17.9. The first-order valence-electron chi connectivity index (χ1n) is 9.49. The second kappa shape index (κ2) is 8.78. The Morgan fingerprint density at radius 3 is 2.77 bits per heavy atom. The molecule has 1 aliphatic rings. The molecular formula is C20H20ClFN5O3P. The summed E-state index contributed by atoms with van der Waals surface area (Å²) < 4.78 is 18.2. The molecule has 1 fully saturated rings. The number of carbonyl (C=O) groups excluding carboxylic acids is 1. The van der Waals surface area contributed by atoms with Gasteiger partial charge in [-0.05, 0) is 63.7 Å². The predicted octanol–water partition coefficient (Wildman–Crippen LogP) is 3.37. The van der Waals surface area contributed by atoms with Crippen LogP contribution in [0.4, 0.5) is 15.9 Å². The van der Waals surface area contributed by atoms with Gasteiger partial charge in [0.15, 0.2) is 0 Å². The van der Waals surface area contributed by atoms with Gasteiger partial charge in [0.2, 0.25) is 0 Å². The van der Waals surface area contributed by atoms with E-state index in [0.29, 0.717) is 47.8 Å². The maximum atomic E-state index is 13.3. The number of aromatic amines is 1. The third-order valence-corrected chi connectivity index (χ3v) is 4.93. The number of alkyl halides is 2. The lowest BCUT2D eigenvalue weighted by molar-refractivity contribution is 0.102. The van der Waals surface area contributed by atoms with Crippen LogP contribution in [0.2, 0.25) is 0 Å². The summed E-state index contributed by atoms with van der Waals surface area (Å²) in [6.07, 6.45) is 3.43. The van der Waals surface area contributed by atoms with Crippen molar-refractivity contribution in [2.24, 2.45) is 0 Å². The first-order chi connectivity index (χ1) is 14.8. The fraction of sp³-hybridized carbons (Fsp3) is 0.250. The molecule has 0 aliphatic carbocycles. The van der Waals surface area contributed by atoms with Crippen LogP contribution in [0.25, 0.3) is 11.3 Å². The number of benzene rings is 1. The highest BCUT2D eigenvalue weighted by Crippen LogP contribution is 2.32. The van der Waals surface area contributed by atoms with Gasteiger partial charge in [-0.1, -0.05) is 0 Å². The monoisotopic (exact) mass is 463 g/mol. The van der Waals surface area contributed by atoms with E-state index in [9.17, 15) is 14.3 Å². The van der Waals surface area contributed by atoms with Gasteiger partial charge in [-0.15, -0.1) is 0 Å². The molecule has 0 saturated carbocycles. The van der Waals surface area contributed by atoms with Crippen molar-refractivity contribution in [2.75, 3.05) is 23.3 Å². The first-order valence-corrected chi connectivity index (χ1v) is 10.4. The Balaban J connectivity index is 1.55. The number of nitrogens with one attached hydrogen (secondary N) is 2. The lowest BCUT2D eigenvalue weighted by atomic mass is 10.1. The van der Waals surface area contributed by atoms with Gasteiger partial charge in [0.1, 0.15) is 11.6 Å². The van der Waals surface area contributed by atoms with Crippen LogP contribution < -0.4 is 15.0 Å². The molecule has 0 bridgehead atoms. The van der Waals surface area contributed by atoms with Gasteiger partial charge in [-0.3, -0.25) is 9.89 Å². The summed E-state index contributed by atoms with van der Waals surface area (Å²) in [7, 11) is 1.73. The summed E-state index contributed by atoms with van der Waals surface area (Å²) in [5, 5.41) is 17.2. The van der Waals surface area contributed by atoms with Crippen LogP contribution in [0.5, 0.6) is 5.75 Å². The zero-order chi connectivity index (χ0) is 22.0. The molecule has 1 amide bonds. The Labute approximate surface area is 185 Å². The summed E-state index contributed by atoms with van der Waals surface area (Å²) in [5.41, 5.74) is 2.17. The van der Waals surface area contributed by atoms with Gasteiger partial charge >= 0.3 is 5.06 Å². The number of nitrogens with zero attached hydrogens (tertiary/aromatic N) is 3. The summed E-state index contributed by atoms with van der Waals surface area (Å²) in [6.45, 7) is 1.15. The van der Waals surface area contributed by atoms with Crippen LogP contribution in [0.15, 0.2) is 48.8 Å². The number of β-amino-alcohol motifs (C(OH)–C–C–N with tert-alkyl or cyclic N) is 1. The number of aliphatic hydroxyl groups excluding tert-OH is 1. The van der Waals surface area contributed by atoms with Crippen molar-refractivity contribution >= 4 is 38.3 Å². The van der Waals surface area contributed by atoms with Crippen molar-refractivity contribution in [3.63, 3.8) is 0 Å². The second-order valence-electron chi connectivity index (χ2n) is 7.09. The maximum Gasteiger partial charge on any atom is 0.338 e. The summed E-state index contributed by atoms with van der Waals surface area (Å²) >= 11 is 5.37. The van der Waals surface area contributed by atoms with Crippen molar-refractivity contribution < 1.29 is 19.0 Å². The number of halogens is 2. The first kappa shape index (κ1) is 21.5. The maximum absolute atomic E-state index is 13.3. The largest absolute Gasteiger partial charge is 0.442 e. The van der Waals surface area contributed by atoms with Crippen LogP contribution in [0.1, 0.15) is 16.8 Å². The second-order valence-corrected chi connectivity index (χ2v) is 8.71. The minimum absolute atomic E-state index is 0.213. The smallest absolute Gasteiger partial charge is 0.338 e. The van der Waals surface area contributed by atoms with Crippen LogP contribution in [0.3, 0.4) is 0 Å². The SMILES string of the molecule is O=C(Nc1ccc(OC(F)(P)Cl)cc1)c1cnc(N2CC[C@@H](O)C2)c(-c2cc[nH]n2)c1. The van der Waals surface area contributed by atoms with Crippen molar-refractivity contribution in [2.45, 2.75) is 17.6 Å². The van der Waals surface area contributed by atoms with Gasteiger partial charge in [0.05, 0.1) is 17.4 Å². The standard InChI is InChI=1S/C20H20ClFN5O3P/c21-20(22,31)30-15-3-1-13(2-4-15)25-19(29)12-9-16(17-5-7-24-26-17)18(23-10-12)27-8-6-14(28)11-27/h1-5,7,9-10,14,28H,6,8,11,31H2,(H,24,26)(H,25,29)/t14-,20?/m1/s1. The number of aromatic nitrogens is 3. The molecule has 3 aromatic rings. The number of amides is 1. The lowest BCUT2D eigenvalue weighted by Crippen LogP contribution is -2.23. The van der Waals surface area contributed by atoms with Gasteiger partial charge in [0, 0.05) is 36.7 Å². The highest BCUT2D eigenvalue weighted by Gasteiger charge is 2.25. The highest BCUT2D eigenvalue weighted by atomic mass is 35.5. The molecule has 8 nitrogen and oxygen atoms in total. The van der Waals surface area contributed by atoms with Crippen LogP contribution in [0, 0.1) is 0 Å². The van der Waals surface area contributed by atoms with Crippen molar-refractivity contribution in [1.29, 1.82) is 0 Å². The molecule has 3 heterocycles. The molecule has 3 N–H and O–H groups in total. The highest BCUT2D eigenvalue weighted by molar-refractivity contribution is 7.21. The van der Waals surface area contributed by atoms with Gasteiger partial charge in [-0.2, -0.15) is 9.49 Å². The molecule has 1 saturated heterocycles. The van der Waals surface area contributed by atoms with Gasteiger partial charge in [-0.25, -0.2) is 4.98 Å². The fourth-order valence-electron chi connectivity index (χ4n) is 3.33. The third kappa shape index (κ3) is 5.31. The van der Waals surface area contributed by atoms with Crippen molar-refractivity contribution in [1.82, 2.24) is 15.2 Å². The predicted molar refractivity (Wildman–Crippen MR) is 119 cm³/mol. The number of hydrogen-bond acceptors (Lipinski definition) is 6. The molecule has 1 aliphatic heterocycles. The van der Waals surface area contributed by atoms with Crippen molar-refractivity contribution in [3.05, 3.63) is 54.4 Å². The Morgan fingerprint density at radius 1 is 1.39 bits per heavy atom. The lowest BCUT2D eigenvalue weighted by Gasteiger charge is -2.20. The average molecular weight is 464 g/mol.